The molecule has 1 aromatic heterocycles. The van der Waals surface area contributed by atoms with Gasteiger partial charge in [0, 0.05) is 27.3 Å². The predicted octanol–water partition coefficient (Wildman–Crippen LogP) is 1.97. The maximum absolute atomic E-state index is 12.7. The van der Waals surface area contributed by atoms with Crippen molar-refractivity contribution in [2.45, 2.75) is 12.6 Å². The molecule has 1 amide bonds. The Morgan fingerprint density at radius 2 is 2.16 bits per heavy atom. The molecule has 0 spiro atoms. The summed E-state index contributed by atoms with van der Waals surface area (Å²) in [4.78, 5) is 11.7. The van der Waals surface area contributed by atoms with E-state index in [-0.39, 0.29) is 10.2 Å². The first-order chi connectivity index (χ1) is 8.79. The number of halogens is 4. The molecule has 0 aliphatic heterocycles. The molecule has 1 N–H and O–H groups in total. The van der Waals surface area contributed by atoms with Gasteiger partial charge >= 0.3 is 6.18 Å². The molecule has 0 bridgehead atoms. The lowest BCUT2D eigenvalue weighted by Crippen LogP contribution is -2.26. The average molecular weight is 344 g/mol. The van der Waals surface area contributed by atoms with E-state index >= 15 is 0 Å². The molecule has 108 valence electrons. The number of nitrogens with one attached hydrogen (secondary N) is 1. The van der Waals surface area contributed by atoms with Crippen molar-refractivity contribution in [1.82, 2.24) is 15.1 Å². The van der Waals surface area contributed by atoms with Crippen LogP contribution in [0.5, 0.6) is 0 Å². The summed E-state index contributed by atoms with van der Waals surface area (Å²) in [6, 6.07) is 0. The molecule has 19 heavy (non-hydrogen) atoms. The summed E-state index contributed by atoms with van der Waals surface area (Å²) < 4.78 is 43.2. The number of hydrogen-bond donors (Lipinski definition) is 1. The monoisotopic (exact) mass is 343 g/mol. The fraction of sp³-hybridized carbons (Fsp3) is 0.600. The van der Waals surface area contributed by atoms with Crippen molar-refractivity contribution in [1.29, 1.82) is 0 Å². The number of carbonyl (C=O) groups is 1. The maximum Gasteiger partial charge on any atom is 0.434 e. The van der Waals surface area contributed by atoms with Gasteiger partial charge in [-0.2, -0.15) is 18.3 Å². The normalized spacial score (nSPS) is 11.7. The zero-order valence-corrected chi connectivity index (χ0v) is 11.9. The number of methoxy groups -OCH3 is 1. The summed E-state index contributed by atoms with van der Waals surface area (Å²) in [5.41, 5.74) is -1.28. The molecular formula is C10H13BrF3N3O2. The van der Waals surface area contributed by atoms with Gasteiger partial charge in [-0.1, -0.05) is 0 Å². The lowest BCUT2D eigenvalue weighted by atomic mass is 10.3. The summed E-state index contributed by atoms with van der Waals surface area (Å²) in [7, 11) is 2.65. The van der Waals surface area contributed by atoms with E-state index in [4.69, 9.17) is 4.74 Å². The number of aromatic nitrogens is 2. The standard InChI is InChI=1S/C10H13BrF3N3O2/c1-17-8(10(12,13)14)6(11)7(16-17)9(18)15-4-3-5-19-2/h3-5H2,1-2H3,(H,15,18). The van der Waals surface area contributed by atoms with Crippen LogP contribution in [-0.4, -0.2) is 35.9 Å². The third kappa shape index (κ3) is 3.93. The Kier molecular flexibility index (Phi) is 5.36. The van der Waals surface area contributed by atoms with Gasteiger partial charge in [-0.05, 0) is 22.4 Å². The highest BCUT2D eigenvalue weighted by Crippen LogP contribution is 2.36. The number of hydrogen-bond acceptors (Lipinski definition) is 3. The van der Waals surface area contributed by atoms with E-state index in [2.05, 4.69) is 26.3 Å². The largest absolute Gasteiger partial charge is 0.434 e. The zero-order valence-electron chi connectivity index (χ0n) is 10.3. The van der Waals surface area contributed by atoms with Crippen LogP contribution in [0.15, 0.2) is 4.47 Å². The molecule has 1 heterocycles. The second-order valence-corrected chi connectivity index (χ2v) is 4.53. The summed E-state index contributed by atoms with van der Waals surface area (Å²) in [5.74, 6) is -0.658. The first-order valence-electron chi connectivity index (χ1n) is 5.35. The molecule has 0 aromatic carbocycles. The smallest absolute Gasteiger partial charge is 0.385 e. The third-order valence-electron chi connectivity index (χ3n) is 2.28. The van der Waals surface area contributed by atoms with Crippen LogP contribution in [0.1, 0.15) is 22.6 Å². The van der Waals surface area contributed by atoms with Crippen molar-refractivity contribution in [3.8, 4) is 0 Å². The van der Waals surface area contributed by atoms with E-state index in [1.807, 2.05) is 0 Å². The van der Waals surface area contributed by atoms with E-state index in [9.17, 15) is 18.0 Å². The molecule has 0 radical (unpaired) electrons. The van der Waals surface area contributed by atoms with Crippen molar-refractivity contribution < 1.29 is 22.7 Å². The van der Waals surface area contributed by atoms with Crippen LogP contribution in [0.3, 0.4) is 0 Å². The Balaban J connectivity index is 2.82. The van der Waals surface area contributed by atoms with E-state index in [0.717, 1.165) is 7.05 Å². The van der Waals surface area contributed by atoms with Gasteiger partial charge in [-0.3, -0.25) is 9.48 Å². The summed E-state index contributed by atoms with van der Waals surface area (Å²) in [6.07, 6.45) is -4.01. The van der Waals surface area contributed by atoms with Crippen molar-refractivity contribution in [3.05, 3.63) is 15.9 Å². The van der Waals surface area contributed by atoms with Crippen LogP contribution in [0.4, 0.5) is 13.2 Å². The van der Waals surface area contributed by atoms with Crippen molar-refractivity contribution in [2.75, 3.05) is 20.3 Å². The maximum atomic E-state index is 12.7. The van der Waals surface area contributed by atoms with Crippen LogP contribution in [-0.2, 0) is 18.0 Å². The number of ether oxygens (including phenoxy) is 1. The number of amides is 1. The van der Waals surface area contributed by atoms with Crippen LogP contribution in [0, 0.1) is 0 Å². The van der Waals surface area contributed by atoms with Crippen molar-refractivity contribution >= 4 is 21.8 Å². The second kappa shape index (κ2) is 6.38. The summed E-state index contributed by atoms with van der Waals surface area (Å²) >= 11 is 2.77. The number of carbonyl (C=O) groups excluding carboxylic acids is 1. The highest BCUT2D eigenvalue weighted by atomic mass is 79.9. The van der Waals surface area contributed by atoms with E-state index < -0.39 is 17.8 Å². The summed E-state index contributed by atoms with van der Waals surface area (Å²) in [5, 5.41) is 6.06. The van der Waals surface area contributed by atoms with Gasteiger partial charge in [0.25, 0.3) is 5.91 Å². The molecule has 0 atom stereocenters. The number of rotatable bonds is 5. The number of nitrogens with zero attached hydrogens (tertiary/aromatic N) is 2. The van der Waals surface area contributed by atoms with E-state index in [1.165, 1.54) is 7.11 Å². The summed E-state index contributed by atoms with van der Waals surface area (Å²) in [6.45, 7) is 0.758. The van der Waals surface area contributed by atoms with Crippen LogP contribution >= 0.6 is 15.9 Å². The van der Waals surface area contributed by atoms with Crippen LogP contribution in [0.25, 0.3) is 0 Å². The fourth-order valence-corrected chi connectivity index (χ4v) is 2.19. The van der Waals surface area contributed by atoms with Gasteiger partial charge in [0.1, 0.15) is 0 Å². The van der Waals surface area contributed by atoms with E-state index in [1.54, 1.807) is 0 Å². The molecule has 0 fully saturated rings. The van der Waals surface area contributed by atoms with Gasteiger partial charge in [0.15, 0.2) is 11.4 Å². The predicted molar refractivity (Wildman–Crippen MR) is 64.7 cm³/mol. The molecule has 1 aromatic rings. The highest BCUT2D eigenvalue weighted by Gasteiger charge is 2.39. The Hall–Kier alpha value is -1.09. The van der Waals surface area contributed by atoms with Gasteiger partial charge in [0.2, 0.25) is 0 Å². The lowest BCUT2D eigenvalue weighted by Gasteiger charge is -2.06. The number of alkyl halides is 3. The van der Waals surface area contributed by atoms with Gasteiger partial charge < -0.3 is 10.1 Å². The lowest BCUT2D eigenvalue weighted by molar-refractivity contribution is -0.144. The third-order valence-corrected chi connectivity index (χ3v) is 3.03. The van der Waals surface area contributed by atoms with Gasteiger partial charge in [-0.15, -0.1) is 0 Å². The number of aryl methyl sites for hydroxylation is 1. The molecule has 9 heteroatoms. The first-order valence-corrected chi connectivity index (χ1v) is 6.15. The molecular weight excluding hydrogens is 331 g/mol. The van der Waals surface area contributed by atoms with Crippen LogP contribution < -0.4 is 5.32 Å². The van der Waals surface area contributed by atoms with Crippen LogP contribution in [0.2, 0.25) is 0 Å². The molecule has 0 aliphatic rings. The second-order valence-electron chi connectivity index (χ2n) is 3.73. The molecule has 0 saturated heterocycles. The fourth-order valence-electron chi connectivity index (χ4n) is 1.45. The average Bonchev–Trinajstić information content (AvgIpc) is 2.59. The Morgan fingerprint density at radius 3 is 2.63 bits per heavy atom. The van der Waals surface area contributed by atoms with Gasteiger partial charge in [0.05, 0.1) is 4.47 Å². The first kappa shape index (κ1) is 16.0. The highest BCUT2D eigenvalue weighted by molar-refractivity contribution is 9.10. The molecule has 0 saturated carbocycles. The van der Waals surface area contributed by atoms with Crippen molar-refractivity contribution in [3.63, 3.8) is 0 Å². The Morgan fingerprint density at radius 1 is 1.53 bits per heavy atom. The molecule has 0 aliphatic carbocycles. The van der Waals surface area contributed by atoms with Gasteiger partial charge in [-0.25, -0.2) is 0 Å². The molecule has 5 nitrogen and oxygen atoms in total. The molecule has 1 rings (SSSR count). The Bertz CT molecular complexity index is 460. The topological polar surface area (TPSA) is 56.1 Å². The minimum absolute atomic E-state index is 0.285. The minimum atomic E-state index is -4.57. The SMILES string of the molecule is COCCCNC(=O)c1nn(C)c(C(F)(F)F)c1Br. The van der Waals surface area contributed by atoms with E-state index in [0.29, 0.717) is 24.3 Å². The van der Waals surface area contributed by atoms with Crippen molar-refractivity contribution in [2.24, 2.45) is 7.05 Å². The minimum Gasteiger partial charge on any atom is -0.385 e. The quantitative estimate of drug-likeness (QED) is 0.831. The molecule has 0 unspecified atom stereocenters. The Labute approximate surface area is 116 Å². The zero-order chi connectivity index (χ0) is 14.6.